The van der Waals surface area contributed by atoms with Crippen LogP contribution >= 0.6 is 0 Å². The normalized spacial score (nSPS) is 26.5. The van der Waals surface area contributed by atoms with E-state index in [9.17, 15) is 5.11 Å². The van der Waals surface area contributed by atoms with Crippen molar-refractivity contribution in [2.24, 2.45) is 5.92 Å². The molecule has 2 rings (SSSR count). The first-order valence-electron chi connectivity index (χ1n) is 6.42. The Balaban J connectivity index is 0.000000550. The predicted octanol–water partition coefficient (Wildman–Crippen LogP) is 2.84. The van der Waals surface area contributed by atoms with Crippen molar-refractivity contribution in [3.63, 3.8) is 0 Å². The summed E-state index contributed by atoms with van der Waals surface area (Å²) < 4.78 is 16.6. The molecule has 104 valence electrons. The van der Waals surface area contributed by atoms with Crippen molar-refractivity contribution in [1.29, 1.82) is 0 Å². The average molecular weight is 280 g/mol. The smallest absolute Gasteiger partial charge is 0.335 e. The van der Waals surface area contributed by atoms with Gasteiger partial charge in [-0.1, -0.05) is 48.9 Å². The number of aliphatic hydroxyl groups is 1. The number of allylic oxidation sites excluding steroid dienone is 2. The highest BCUT2D eigenvalue weighted by atomic mass is 32.1. The molecule has 0 heterocycles. The monoisotopic (exact) mass is 280 g/mol. The molecule has 0 amide bonds. The third-order valence-corrected chi connectivity index (χ3v) is 3.66. The molecular formula is C15H20O3S. The van der Waals surface area contributed by atoms with Crippen molar-refractivity contribution in [3.05, 3.63) is 47.5 Å². The second kappa shape index (κ2) is 8.02. The van der Waals surface area contributed by atoms with Gasteiger partial charge in [0.2, 0.25) is 0 Å². The molecule has 4 heteroatoms. The van der Waals surface area contributed by atoms with Crippen LogP contribution in [0.4, 0.5) is 0 Å². The average Bonchev–Trinajstić information content (AvgIpc) is 2.54. The molecule has 0 fully saturated rings. The van der Waals surface area contributed by atoms with Crippen molar-refractivity contribution in [2.45, 2.75) is 38.7 Å². The number of hydrogen-bond acceptors (Lipinski definition) is 3. The van der Waals surface area contributed by atoms with Crippen LogP contribution < -0.4 is 0 Å². The fourth-order valence-electron chi connectivity index (χ4n) is 2.49. The summed E-state index contributed by atoms with van der Waals surface area (Å²) in [5.74, 6) is 0.665. The van der Waals surface area contributed by atoms with Crippen LogP contribution in [0.5, 0.6) is 0 Å². The van der Waals surface area contributed by atoms with Crippen LogP contribution in [0.2, 0.25) is 0 Å². The fraction of sp³-hybridized carbons (Fsp3) is 0.467. The molecule has 0 aliphatic heterocycles. The van der Waals surface area contributed by atoms with Crippen molar-refractivity contribution < 1.29 is 13.5 Å². The van der Waals surface area contributed by atoms with Crippen LogP contribution in [0.1, 0.15) is 38.2 Å². The van der Waals surface area contributed by atoms with Gasteiger partial charge in [0.15, 0.2) is 0 Å². The molecule has 0 radical (unpaired) electrons. The molecule has 0 spiro atoms. The minimum atomic E-state index is -0.750. The van der Waals surface area contributed by atoms with E-state index in [-0.39, 0.29) is 6.10 Å². The molecule has 0 unspecified atom stereocenters. The maximum atomic E-state index is 10.1. The lowest BCUT2D eigenvalue weighted by atomic mass is 9.84. The van der Waals surface area contributed by atoms with Crippen LogP contribution in [0.25, 0.3) is 0 Å². The number of aliphatic hydroxyl groups excluding tert-OH is 1. The highest BCUT2D eigenvalue weighted by Crippen LogP contribution is 2.34. The second-order valence-electron chi connectivity index (χ2n) is 4.98. The Kier molecular flexibility index (Phi) is 6.67. The van der Waals surface area contributed by atoms with E-state index >= 15 is 0 Å². The molecule has 0 saturated heterocycles. The van der Waals surface area contributed by atoms with E-state index in [2.05, 4.69) is 44.2 Å². The number of rotatable bonds is 1. The standard InChI is InChI=1S/C15H20O.O2S/c1-11-8-9-15(16)12(2)14(10-11)13-6-4-3-5-7-13;1-3-2/h3-7,10,12,14-16H,8-9H2,1-2H3;/t12-,14-,15-;/m0./s1. The Hall–Kier alpha value is -1.26. The third kappa shape index (κ3) is 4.73. The van der Waals surface area contributed by atoms with E-state index in [0.29, 0.717) is 11.8 Å². The van der Waals surface area contributed by atoms with Crippen LogP contribution in [0, 0.1) is 5.92 Å². The highest BCUT2D eigenvalue weighted by molar-refractivity contribution is 7.51. The zero-order valence-corrected chi connectivity index (χ0v) is 12.1. The van der Waals surface area contributed by atoms with Gasteiger partial charge >= 0.3 is 11.6 Å². The molecule has 1 aromatic carbocycles. The molecule has 0 bridgehead atoms. The lowest BCUT2D eigenvalue weighted by Crippen LogP contribution is -2.21. The Morgan fingerprint density at radius 3 is 2.37 bits per heavy atom. The molecule has 1 N–H and O–H groups in total. The van der Waals surface area contributed by atoms with Gasteiger partial charge in [0.25, 0.3) is 0 Å². The van der Waals surface area contributed by atoms with Crippen LogP contribution in [0.15, 0.2) is 42.0 Å². The lowest BCUT2D eigenvalue weighted by Gasteiger charge is -2.24. The van der Waals surface area contributed by atoms with Crippen molar-refractivity contribution in [1.82, 2.24) is 0 Å². The maximum Gasteiger partial charge on any atom is 0.335 e. The Bertz CT molecular complexity index is 450. The van der Waals surface area contributed by atoms with E-state index in [1.165, 1.54) is 11.1 Å². The first-order valence-corrected chi connectivity index (χ1v) is 7.09. The summed E-state index contributed by atoms with van der Waals surface area (Å²) in [5, 5.41) is 10.1. The Morgan fingerprint density at radius 2 is 1.79 bits per heavy atom. The van der Waals surface area contributed by atoms with Gasteiger partial charge in [-0.3, -0.25) is 0 Å². The van der Waals surface area contributed by atoms with E-state index < -0.39 is 11.6 Å². The molecule has 19 heavy (non-hydrogen) atoms. The zero-order chi connectivity index (χ0) is 14.3. The first kappa shape index (κ1) is 15.8. The fourth-order valence-corrected chi connectivity index (χ4v) is 2.49. The molecule has 1 aliphatic rings. The van der Waals surface area contributed by atoms with E-state index in [0.717, 1.165) is 12.8 Å². The van der Waals surface area contributed by atoms with E-state index in [1.807, 2.05) is 6.07 Å². The number of benzene rings is 1. The Morgan fingerprint density at radius 1 is 1.21 bits per heavy atom. The first-order chi connectivity index (χ1) is 9.10. The summed E-state index contributed by atoms with van der Waals surface area (Å²) in [6.45, 7) is 4.32. The van der Waals surface area contributed by atoms with Gasteiger partial charge in [0.1, 0.15) is 0 Å². The van der Waals surface area contributed by atoms with Crippen molar-refractivity contribution in [2.75, 3.05) is 0 Å². The van der Waals surface area contributed by atoms with Gasteiger partial charge in [-0.2, -0.15) is 8.42 Å². The zero-order valence-electron chi connectivity index (χ0n) is 11.3. The summed E-state index contributed by atoms with van der Waals surface area (Å²) >= 11 is -0.750. The topological polar surface area (TPSA) is 54.4 Å². The summed E-state index contributed by atoms with van der Waals surface area (Å²) in [7, 11) is 0. The molecule has 1 aliphatic carbocycles. The number of hydrogen-bond donors (Lipinski definition) is 1. The van der Waals surface area contributed by atoms with Crippen molar-refractivity contribution >= 4 is 11.6 Å². The molecule has 0 aromatic heterocycles. The maximum absolute atomic E-state index is 10.1. The quantitative estimate of drug-likeness (QED) is 0.805. The van der Waals surface area contributed by atoms with Crippen LogP contribution in [-0.2, 0) is 11.6 Å². The SMILES string of the molecule is CC1=C[C@H](c2ccccc2)[C@H](C)[C@@H](O)CC1.O=S=O. The molecule has 1 aromatic rings. The predicted molar refractivity (Wildman–Crippen MR) is 76.3 cm³/mol. The van der Waals surface area contributed by atoms with Crippen LogP contribution in [-0.4, -0.2) is 19.6 Å². The van der Waals surface area contributed by atoms with Gasteiger partial charge in [0, 0.05) is 5.92 Å². The summed E-state index contributed by atoms with van der Waals surface area (Å²) in [6, 6.07) is 10.5. The van der Waals surface area contributed by atoms with Gasteiger partial charge in [0.05, 0.1) is 6.10 Å². The molecular weight excluding hydrogens is 260 g/mol. The van der Waals surface area contributed by atoms with Crippen molar-refractivity contribution in [3.8, 4) is 0 Å². The lowest BCUT2D eigenvalue weighted by molar-refractivity contribution is 0.104. The van der Waals surface area contributed by atoms with Gasteiger partial charge in [-0.05, 0) is 31.2 Å². The van der Waals surface area contributed by atoms with Gasteiger partial charge < -0.3 is 5.11 Å². The summed E-state index contributed by atoms with van der Waals surface area (Å²) in [5.41, 5.74) is 2.72. The second-order valence-corrected chi connectivity index (χ2v) is 5.12. The molecule has 0 saturated carbocycles. The third-order valence-electron chi connectivity index (χ3n) is 3.66. The van der Waals surface area contributed by atoms with E-state index in [1.54, 1.807) is 0 Å². The molecule has 3 atom stereocenters. The molecule has 3 nitrogen and oxygen atoms in total. The Labute approximate surface area is 118 Å². The summed E-state index contributed by atoms with van der Waals surface area (Å²) in [6.07, 6.45) is 4.07. The minimum absolute atomic E-state index is 0.182. The summed E-state index contributed by atoms with van der Waals surface area (Å²) in [4.78, 5) is 0. The van der Waals surface area contributed by atoms with Crippen LogP contribution in [0.3, 0.4) is 0 Å². The van der Waals surface area contributed by atoms with Gasteiger partial charge in [-0.25, -0.2) is 0 Å². The highest BCUT2D eigenvalue weighted by Gasteiger charge is 2.26. The largest absolute Gasteiger partial charge is 0.393 e. The van der Waals surface area contributed by atoms with E-state index in [4.69, 9.17) is 8.42 Å². The van der Waals surface area contributed by atoms with Gasteiger partial charge in [-0.15, -0.1) is 0 Å². The minimum Gasteiger partial charge on any atom is -0.393 e.